The molecule has 0 spiro atoms. The third kappa shape index (κ3) is 4.39. The zero-order valence-corrected chi connectivity index (χ0v) is 19.5. The average Bonchev–Trinajstić information content (AvgIpc) is 3.22. The normalized spacial score (nSPS) is 10.9. The van der Waals surface area contributed by atoms with E-state index in [1.807, 2.05) is 69.3 Å². The molecule has 7 nitrogen and oxygen atoms in total. The fourth-order valence-electron chi connectivity index (χ4n) is 3.83. The molecule has 0 aliphatic carbocycles. The summed E-state index contributed by atoms with van der Waals surface area (Å²) >= 11 is 0. The van der Waals surface area contributed by atoms with E-state index < -0.39 is 0 Å². The average molecular weight is 446 g/mol. The molecule has 0 bridgehead atoms. The van der Waals surface area contributed by atoms with Crippen LogP contribution < -0.4 is 9.47 Å². The first-order chi connectivity index (χ1) is 15.9. The van der Waals surface area contributed by atoms with E-state index in [0.29, 0.717) is 52.6 Å². The van der Waals surface area contributed by atoms with Crippen LogP contribution in [0.15, 0.2) is 53.1 Å². The minimum absolute atomic E-state index is 0.112. The summed E-state index contributed by atoms with van der Waals surface area (Å²) < 4.78 is 16.2. The molecule has 0 aliphatic rings. The lowest BCUT2D eigenvalue weighted by Gasteiger charge is -2.22. The number of nitrogens with zero attached hydrogens (tertiary/aromatic N) is 3. The molecule has 2 aromatic heterocycles. The number of carbonyl (C=O) groups is 1. The lowest BCUT2D eigenvalue weighted by Crippen LogP contribution is -2.30. The number of pyridine rings is 1. The van der Waals surface area contributed by atoms with Crippen LogP contribution in [0.2, 0.25) is 0 Å². The van der Waals surface area contributed by atoms with Crippen LogP contribution in [0.3, 0.4) is 0 Å². The Hall–Kier alpha value is -3.87. The van der Waals surface area contributed by atoms with Crippen molar-refractivity contribution in [2.45, 2.75) is 27.3 Å². The van der Waals surface area contributed by atoms with Crippen LogP contribution in [0, 0.1) is 13.8 Å². The fraction of sp³-hybridized carbons (Fsp3) is 0.269. The van der Waals surface area contributed by atoms with Gasteiger partial charge in [0.05, 0.1) is 36.6 Å². The Balaban J connectivity index is 1.74. The van der Waals surface area contributed by atoms with E-state index in [9.17, 15) is 4.79 Å². The number of carbonyl (C=O) groups excluding carboxylic acids is 1. The number of rotatable bonds is 7. The number of hydrogen-bond donors (Lipinski definition) is 0. The molecule has 0 unspecified atom stereocenters. The van der Waals surface area contributed by atoms with Crippen LogP contribution in [0.1, 0.15) is 34.1 Å². The molecule has 1 amide bonds. The van der Waals surface area contributed by atoms with Gasteiger partial charge in [-0.3, -0.25) is 4.79 Å². The van der Waals surface area contributed by atoms with Gasteiger partial charge in [-0.25, -0.2) is 4.98 Å². The molecule has 2 aromatic carbocycles. The summed E-state index contributed by atoms with van der Waals surface area (Å²) in [6.45, 7) is 6.76. The number of benzene rings is 2. The van der Waals surface area contributed by atoms with Gasteiger partial charge in [-0.15, -0.1) is 0 Å². The quantitative estimate of drug-likeness (QED) is 0.390. The van der Waals surface area contributed by atoms with Crippen molar-refractivity contribution in [3.8, 4) is 22.8 Å². The molecule has 4 aromatic rings. The molecular formula is C26H27N3O4. The Morgan fingerprint density at radius 2 is 1.73 bits per heavy atom. The molecule has 0 saturated carbocycles. The van der Waals surface area contributed by atoms with Crippen molar-refractivity contribution in [2.24, 2.45) is 0 Å². The molecule has 0 aliphatic heterocycles. The summed E-state index contributed by atoms with van der Waals surface area (Å²) in [6, 6.07) is 15.5. The van der Waals surface area contributed by atoms with Crippen molar-refractivity contribution in [1.29, 1.82) is 0 Å². The van der Waals surface area contributed by atoms with Gasteiger partial charge in [0.15, 0.2) is 11.5 Å². The summed E-state index contributed by atoms with van der Waals surface area (Å²) in [6.07, 6.45) is 0. The topological polar surface area (TPSA) is 77.7 Å². The second kappa shape index (κ2) is 9.32. The highest BCUT2D eigenvalue weighted by molar-refractivity contribution is 6.07. The third-order valence-electron chi connectivity index (χ3n) is 5.69. The molecule has 2 heterocycles. The van der Waals surface area contributed by atoms with Gasteiger partial charge in [-0.1, -0.05) is 41.1 Å². The zero-order chi connectivity index (χ0) is 23.5. The number of hydrogen-bond acceptors (Lipinski definition) is 6. The van der Waals surface area contributed by atoms with Crippen LogP contribution in [0.4, 0.5) is 0 Å². The number of ether oxygens (including phenoxy) is 2. The van der Waals surface area contributed by atoms with Gasteiger partial charge in [0.1, 0.15) is 0 Å². The zero-order valence-electron chi connectivity index (χ0n) is 19.5. The smallest absolute Gasteiger partial charge is 0.259 e. The first kappa shape index (κ1) is 22.3. The molecule has 0 saturated heterocycles. The molecule has 0 N–H and O–H groups in total. The Kier molecular flexibility index (Phi) is 6.31. The summed E-state index contributed by atoms with van der Waals surface area (Å²) in [5, 5.41) is 4.70. The predicted octanol–water partition coefficient (Wildman–Crippen LogP) is 5.19. The van der Waals surface area contributed by atoms with Crippen molar-refractivity contribution in [3.63, 3.8) is 0 Å². The maximum Gasteiger partial charge on any atom is 0.259 e. The predicted molar refractivity (Wildman–Crippen MR) is 127 cm³/mol. The standard InChI is InChI=1S/C26H27N3O4/c1-6-29(15-18-9-12-22(31-4)23(13-18)32-5)26(30)20-14-21(19-10-7-16(2)8-11-19)27-25-24(20)17(3)28-33-25/h7-14H,6,15H2,1-5H3. The Bertz CT molecular complexity index is 1300. The maximum absolute atomic E-state index is 13.7. The van der Waals surface area contributed by atoms with Crippen LogP contribution >= 0.6 is 0 Å². The van der Waals surface area contributed by atoms with Crippen molar-refractivity contribution < 1.29 is 18.8 Å². The number of aromatic nitrogens is 2. The van der Waals surface area contributed by atoms with Gasteiger partial charge in [-0.2, -0.15) is 0 Å². The SMILES string of the molecule is CCN(Cc1ccc(OC)c(OC)c1)C(=O)c1cc(-c2ccc(C)cc2)nc2onc(C)c12. The summed E-state index contributed by atoms with van der Waals surface area (Å²) in [4.78, 5) is 20.1. The van der Waals surface area contributed by atoms with Gasteiger partial charge in [-0.05, 0) is 44.5 Å². The van der Waals surface area contributed by atoms with Crippen LogP contribution in [-0.2, 0) is 6.54 Å². The Morgan fingerprint density at radius 1 is 1.00 bits per heavy atom. The lowest BCUT2D eigenvalue weighted by atomic mass is 10.0. The van der Waals surface area contributed by atoms with E-state index in [2.05, 4.69) is 10.1 Å². The first-order valence-electron chi connectivity index (χ1n) is 10.8. The highest BCUT2D eigenvalue weighted by Crippen LogP contribution is 2.30. The number of fused-ring (bicyclic) bond motifs is 1. The van der Waals surface area contributed by atoms with Crippen molar-refractivity contribution >= 4 is 17.0 Å². The largest absolute Gasteiger partial charge is 0.493 e. The molecular weight excluding hydrogens is 418 g/mol. The first-order valence-corrected chi connectivity index (χ1v) is 10.8. The summed E-state index contributed by atoms with van der Waals surface area (Å²) in [7, 11) is 3.19. The monoisotopic (exact) mass is 445 g/mol. The minimum Gasteiger partial charge on any atom is -0.493 e. The van der Waals surface area contributed by atoms with E-state index in [1.165, 1.54) is 0 Å². The van der Waals surface area contributed by atoms with E-state index in [0.717, 1.165) is 16.7 Å². The van der Waals surface area contributed by atoms with Crippen molar-refractivity contribution in [2.75, 3.05) is 20.8 Å². The second-order valence-corrected chi connectivity index (χ2v) is 7.88. The van der Waals surface area contributed by atoms with Gasteiger partial charge in [0, 0.05) is 18.7 Å². The number of amides is 1. The summed E-state index contributed by atoms with van der Waals surface area (Å²) in [5.74, 6) is 1.16. The number of methoxy groups -OCH3 is 2. The molecule has 33 heavy (non-hydrogen) atoms. The summed E-state index contributed by atoms with van der Waals surface area (Å²) in [5.41, 5.74) is 5.19. The van der Waals surface area contributed by atoms with E-state index in [-0.39, 0.29) is 5.91 Å². The van der Waals surface area contributed by atoms with Crippen molar-refractivity contribution in [3.05, 3.63) is 70.9 Å². The van der Waals surface area contributed by atoms with Crippen LogP contribution in [0.5, 0.6) is 11.5 Å². The highest BCUT2D eigenvalue weighted by Gasteiger charge is 2.23. The fourth-order valence-corrected chi connectivity index (χ4v) is 3.83. The lowest BCUT2D eigenvalue weighted by molar-refractivity contribution is 0.0754. The molecule has 0 atom stereocenters. The van der Waals surface area contributed by atoms with E-state index in [4.69, 9.17) is 14.0 Å². The van der Waals surface area contributed by atoms with Gasteiger partial charge >= 0.3 is 0 Å². The van der Waals surface area contributed by atoms with Crippen LogP contribution in [-0.4, -0.2) is 41.7 Å². The van der Waals surface area contributed by atoms with Crippen LogP contribution in [0.25, 0.3) is 22.4 Å². The highest BCUT2D eigenvalue weighted by atomic mass is 16.5. The molecule has 7 heteroatoms. The van der Waals surface area contributed by atoms with Crippen molar-refractivity contribution in [1.82, 2.24) is 15.0 Å². The molecule has 0 fully saturated rings. The molecule has 4 rings (SSSR count). The van der Waals surface area contributed by atoms with Gasteiger partial charge in [0.25, 0.3) is 11.6 Å². The van der Waals surface area contributed by atoms with E-state index >= 15 is 0 Å². The molecule has 0 radical (unpaired) electrons. The van der Waals surface area contributed by atoms with Gasteiger partial charge < -0.3 is 18.9 Å². The second-order valence-electron chi connectivity index (χ2n) is 7.88. The minimum atomic E-state index is -0.112. The van der Waals surface area contributed by atoms with Gasteiger partial charge in [0.2, 0.25) is 0 Å². The maximum atomic E-state index is 13.7. The molecule has 170 valence electrons. The Labute approximate surface area is 192 Å². The third-order valence-corrected chi connectivity index (χ3v) is 5.69. The Morgan fingerprint density at radius 3 is 2.39 bits per heavy atom. The number of aryl methyl sites for hydroxylation is 2. The van der Waals surface area contributed by atoms with E-state index in [1.54, 1.807) is 19.1 Å².